The number of nitro benzene ring substituents is 1. The maximum atomic E-state index is 10.7. The van der Waals surface area contributed by atoms with Crippen LogP contribution in [0.5, 0.6) is 0 Å². The summed E-state index contributed by atoms with van der Waals surface area (Å²) >= 11 is 0. The number of non-ortho nitro benzene ring substituents is 1. The van der Waals surface area contributed by atoms with Gasteiger partial charge in [0.2, 0.25) is 0 Å². The number of rotatable bonds is 2. The minimum absolute atomic E-state index is 0.118. The van der Waals surface area contributed by atoms with Gasteiger partial charge in [-0.25, -0.2) is 0 Å². The van der Waals surface area contributed by atoms with E-state index in [4.69, 9.17) is 0 Å². The third-order valence-corrected chi connectivity index (χ3v) is 3.12. The van der Waals surface area contributed by atoms with E-state index in [2.05, 4.69) is 10.2 Å². The molecule has 0 bridgehead atoms. The largest absolute Gasteiger partial charge is 0.278 e. The van der Waals surface area contributed by atoms with E-state index in [0.29, 0.717) is 0 Å². The summed E-state index contributed by atoms with van der Waals surface area (Å²) in [5.74, 6) is 0. The van der Waals surface area contributed by atoms with Gasteiger partial charge in [0, 0.05) is 12.1 Å². The van der Waals surface area contributed by atoms with Crippen LogP contribution in [0.3, 0.4) is 0 Å². The second-order valence-corrected chi connectivity index (χ2v) is 4.29. The van der Waals surface area contributed by atoms with Crippen LogP contribution in [0.2, 0.25) is 0 Å². The van der Waals surface area contributed by atoms with Crippen LogP contribution in [0.25, 0.3) is 11.6 Å². The highest BCUT2D eigenvalue weighted by molar-refractivity contribution is 5.83. The van der Waals surface area contributed by atoms with Crippen LogP contribution in [-0.2, 0) is 6.42 Å². The van der Waals surface area contributed by atoms with Crippen molar-refractivity contribution >= 4 is 17.3 Å². The Labute approximate surface area is 103 Å². The molecule has 90 valence electrons. The monoisotopic (exact) mass is 241 g/mol. The molecule has 1 aliphatic carbocycles. The summed E-state index contributed by atoms with van der Waals surface area (Å²) in [4.78, 5) is 10.3. The van der Waals surface area contributed by atoms with Crippen molar-refractivity contribution in [1.29, 1.82) is 0 Å². The Hall–Kier alpha value is -2.43. The lowest BCUT2D eigenvalue weighted by Crippen LogP contribution is -1.88. The molecule has 5 nitrogen and oxygen atoms in total. The molecule has 0 unspecified atom stereocenters. The fraction of sp³-hybridized carbons (Fsp3) is 0.154. The van der Waals surface area contributed by atoms with E-state index in [0.717, 1.165) is 29.7 Å². The highest BCUT2D eigenvalue weighted by Crippen LogP contribution is 2.32. The number of aromatic nitrogens is 2. The summed E-state index contributed by atoms with van der Waals surface area (Å²) in [7, 11) is 0. The molecular weight excluding hydrogens is 230 g/mol. The molecule has 0 fully saturated rings. The van der Waals surface area contributed by atoms with Crippen molar-refractivity contribution in [3.05, 3.63) is 57.4 Å². The maximum absolute atomic E-state index is 10.7. The van der Waals surface area contributed by atoms with Gasteiger partial charge in [-0.3, -0.25) is 15.2 Å². The van der Waals surface area contributed by atoms with Crippen molar-refractivity contribution in [2.45, 2.75) is 12.8 Å². The first-order valence-electron chi connectivity index (χ1n) is 5.72. The molecule has 2 aromatic rings. The Kier molecular flexibility index (Phi) is 2.44. The van der Waals surface area contributed by atoms with Gasteiger partial charge in [0.05, 0.1) is 16.8 Å². The molecule has 1 aromatic carbocycles. The van der Waals surface area contributed by atoms with Crippen LogP contribution >= 0.6 is 0 Å². The maximum Gasteiger partial charge on any atom is 0.270 e. The van der Waals surface area contributed by atoms with Crippen molar-refractivity contribution in [1.82, 2.24) is 10.2 Å². The number of allylic oxidation sites excluding steroid dienone is 1. The Balaban J connectivity index is 1.98. The third-order valence-electron chi connectivity index (χ3n) is 3.12. The number of benzene rings is 1. The van der Waals surface area contributed by atoms with Crippen LogP contribution in [0.1, 0.15) is 23.2 Å². The van der Waals surface area contributed by atoms with E-state index in [1.54, 1.807) is 12.1 Å². The number of H-pyrrole nitrogens is 1. The topological polar surface area (TPSA) is 71.8 Å². The molecule has 0 radical (unpaired) electrons. The predicted molar refractivity (Wildman–Crippen MR) is 67.9 cm³/mol. The Morgan fingerprint density at radius 2 is 2.28 bits per heavy atom. The molecule has 0 spiro atoms. The predicted octanol–water partition coefficient (Wildman–Crippen LogP) is 2.80. The highest BCUT2D eigenvalue weighted by Gasteiger charge is 2.18. The Bertz CT molecular complexity index is 643. The first-order chi connectivity index (χ1) is 8.74. The van der Waals surface area contributed by atoms with E-state index < -0.39 is 0 Å². The molecule has 0 aliphatic heterocycles. The van der Waals surface area contributed by atoms with Crippen LogP contribution < -0.4 is 0 Å². The molecule has 1 N–H and O–H groups in total. The molecule has 1 aliphatic rings. The molecule has 0 amide bonds. The number of nitrogens with one attached hydrogen (secondary N) is 1. The van der Waals surface area contributed by atoms with Gasteiger partial charge in [0.15, 0.2) is 0 Å². The summed E-state index contributed by atoms with van der Waals surface area (Å²) in [6.45, 7) is 0. The van der Waals surface area contributed by atoms with Crippen LogP contribution in [0.15, 0.2) is 30.5 Å². The van der Waals surface area contributed by atoms with E-state index in [-0.39, 0.29) is 10.6 Å². The zero-order valence-electron chi connectivity index (χ0n) is 9.59. The summed E-state index contributed by atoms with van der Waals surface area (Å²) in [6.07, 6.45) is 5.75. The lowest BCUT2D eigenvalue weighted by Gasteiger charge is -1.98. The molecule has 0 atom stereocenters. The third kappa shape index (κ3) is 1.79. The zero-order valence-corrected chi connectivity index (χ0v) is 9.59. The van der Waals surface area contributed by atoms with Gasteiger partial charge in [-0.1, -0.05) is 12.1 Å². The molecular formula is C13H11N3O2. The van der Waals surface area contributed by atoms with Crippen molar-refractivity contribution in [2.75, 3.05) is 0 Å². The number of nitrogens with zero attached hydrogens (tertiary/aromatic N) is 2. The van der Waals surface area contributed by atoms with E-state index in [9.17, 15) is 10.1 Å². The van der Waals surface area contributed by atoms with Gasteiger partial charge in [0.25, 0.3) is 5.69 Å². The van der Waals surface area contributed by atoms with E-state index in [1.807, 2.05) is 18.3 Å². The van der Waals surface area contributed by atoms with E-state index >= 15 is 0 Å². The molecule has 0 saturated heterocycles. The minimum atomic E-state index is -0.377. The smallest absolute Gasteiger partial charge is 0.270 e. The van der Waals surface area contributed by atoms with Crippen LogP contribution in [0.4, 0.5) is 5.69 Å². The molecule has 5 heteroatoms. The Morgan fingerprint density at radius 3 is 3.11 bits per heavy atom. The highest BCUT2D eigenvalue weighted by atomic mass is 16.6. The lowest BCUT2D eigenvalue weighted by molar-refractivity contribution is -0.384. The minimum Gasteiger partial charge on any atom is -0.278 e. The van der Waals surface area contributed by atoms with Gasteiger partial charge in [-0.15, -0.1) is 0 Å². The average Bonchev–Trinajstić information content (AvgIpc) is 2.94. The summed E-state index contributed by atoms with van der Waals surface area (Å²) < 4.78 is 0. The van der Waals surface area contributed by atoms with Crippen LogP contribution in [-0.4, -0.2) is 15.1 Å². The first-order valence-corrected chi connectivity index (χ1v) is 5.72. The molecule has 18 heavy (non-hydrogen) atoms. The number of hydrogen-bond acceptors (Lipinski definition) is 3. The summed E-state index contributed by atoms with van der Waals surface area (Å²) in [5.41, 5.74) is 4.39. The normalized spacial score (nSPS) is 15.9. The lowest BCUT2D eigenvalue weighted by atomic mass is 10.1. The van der Waals surface area contributed by atoms with Gasteiger partial charge in [-0.2, -0.15) is 5.10 Å². The average molecular weight is 241 g/mol. The Morgan fingerprint density at radius 1 is 1.39 bits per heavy atom. The van der Waals surface area contributed by atoms with E-state index in [1.165, 1.54) is 11.6 Å². The summed E-state index contributed by atoms with van der Waals surface area (Å²) in [5, 5.41) is 17.7. The first kappa shape index (κ1) is 10.7. The molecule has 0 saturated carbocycles. The van der Waals surface area contributed by atoms with Crippen molar-refractivity contribution in [3.63, 3.8) is 0 Å². The fourth-order valence-corrected chi connectivity index (χ4v) is 2.25. The van der Waals surface area contributed by atoms with Crippen molar-refractivity contribution in [3.8, 4) is 0 Å². The number of aromatic amines is 1. The van der Waals surface area contributed by atoms with Gasteiger partial charge in [-0.05, 0) is 35.6 Å². The zero-order chi connectivity index (χ0) is 12.5. The van der Waals surface area contributed by atoms with Crippen molar-refractivity contribution < 1.29 is 4.92 Å². The number of nitro groups is 1. The van der Waals surface area contributed by atoms with Gasteiger partial charge < -0.3 is 0 Å². The number of aryl methyl sites for hydroxylation is 1. The number of fused-ring (bicyclic) bond motifs is 1. The summed E-state index contributed by atoms with van der Waals surface area (Å²) in [6, 6.07) is 6.65. The quantitative estimate of drug-likeness (QED) is 0.649. The fourth-order valence-electron chi connectivity index (χ4n) is 2.25. The second-order valence-electron chi connectivity index (χ2n) is 4.29. The number of hydrogen-bond donors (Lipinski definition) is 1. The van der Waals surface area contributed by atoms with Crippen molar-refractivity contribution in [2.24, 2.45) is 0 Å². The molecule has 1 heterocycles. The SMILES string of the molecule is O=[N+]([O-])c1cccc(C=C2CCc3cn[nH]c32)c1. The second kappa shape index (κ2) is 4.10. The molecule has 3 rings (SSSR count). The standard InChI is InChI=1S/C13H11N3O2/c17-16(18)12-3-1-2-9(7-12)6-10-4-5-11-8-14-15-13(10)11/h1-3,6-8H,4-5H2,(H,14,15). The molecule has 1 aromatic heterocycles. The van der Waals surface area contributed by atoms with Gasteiger partial charge >= 0.3 is 0 Å². The van der Waals surface area contributed by atoms with Gasteiger partial charge in [0.1, 0.15) is 0 Å². The van der Waals surface area contributed by atoms with Crippen LogP contribution in [0, 0.1) is 10.1 Å².